The van der Waals surface area contributed by atoms with Gasteiger partial charge in [0.05, 0.1) is 12.7 Å². The van der Waals surface area contributed by atoms with Crippen molar-refractivity contribution in [2.75, 3.05) is 33.3 Å². The van der Waals surface area contributed by atoms with Gasteiger partial charge in [0.15, 0.2) is 0 Å². The fourth-order valence-electron chi connectivity index (χ4n) is 5.49. The number of alkyl halides is 3. The summed E-state index contributed by atoms with van der Waals surface area (Å²) in [5, 5.41) is 10.5. The Bertz CT molecular complexity index is 1310. The fourth-order valence-corrected chi connectivity index (χ4v) is 5.49. The van der Waals surface area contributed by atoms with E-state index in [-0.39, 0.29) is 29.4 Å². The van der Waals surface area contributed by atoms with Crippen LogP contribution in [0, 0.1) is 18.8 Å². The highest BCUT2D eigenvalue weighted by molar-refractivity contribution is 5.94. The molecular formula is C32H37F3N2O3. The lowest BCUT2D eigenvalue weighted by Crippen LogP contribution is -2.39. The van der Waals surface area contributed by atoms with E-state index in [1.807, 2.05) is 49.9 Å². The molecule has 1 fully saturated rings. The fraction of sp³-hybridized carbons (Fsp3) is 0.406. The third-order valence-electron chi connectivity index (χ3n) is 7.47. The Morgan fingerprint density at radius 2 is 1.80 bits per heavy atom. The molecule has 1 heterocycles. The van der Waals surface area contributed by atoms with Crippen LogP contribution in [-0.4, -0.2) is 54.1 Å². The molecule has 40 heavy (non-hydrogen) atoms. The van der Waals surface area contributed by atoms with Crippen molar-refractivity contribution in [3.05, 3.63) is 94.5 Å². The molecule has 4 rings (SSSR count). The summed E-state index contributed by atoms with van der Waals surface area (Å²) in [6.45, 7) is 8.52. The van der Waals surface area contributed by atoms with Crippen LogP contribution in [0.4, 0.5) is 13.2 Å². The summed E-state index contributed by atoms with van der Waals surface area (Å²) in [6, 6.07) is 18.1. The van der Waals surface area contributed by atoms with Crippen molar-refractivity contribution in [2.24, 2.45) is 11.8 Å². The maximum atomic E-state index is 13.6. The Labute approximate surface area is 234 Å². The van der Waals surface area contributed by atoms with Gasteiger partial charge < -0.3 is 14.7 Å². The van der Waals surface area contributed by atoms with E-state index in [9.17, 15) is 23.1 Å². The predicted molar refractivity (Wildman–Crippen MR) is 150 cm³/mol. The summed E-state index contributed by atoms with van der Waals surface area (Å²) in [5.74, 6) is 0.467. The molecule has 0 aromatic heterocycles. The van der Waals surface area contributed by atoms with E-state index in [1.54, 1.807) is 24.3 Å². The van der Waals surface area contributed by atoms with Crippen molar-refractivity contribution in [2.45, 2.75) is 39.4 Å². The number of methoxy groups -OCH3 is 1. The molecule has 1 saturated heterocycles. The molecule has 0 bridgehead atoms. The Morgan fingerprint density at radius 1 is 1.07 bits per heavy atom. The third kappa shape index (κ3) is 7.16. The van der Waals surface area contributed by atoms with E-state index < -0.39 is 11.7 Å². The van der Waals surface area contributed by atoms with E-state index in [1.165, 1.54) is 19.2 Å². The maximum Gasteiger partial charge on any atom is 0.416 e. The van der Waals surface area contributed by atoms with Crippen LogP contribution in [0.15, 0.2) is 66.7 Å². The van der Waals surface area contributed by atoms with Crippen LogP contribution in [-0.2, 0) is 12.7 Å². The maximum absolute atomic E-state index is 13.6. The quantitative estimate of drug-likeness (QED) is 0.318. The van der Waals surface area contributed by atoms with Crippen molar-refractivity contribution in [1.82, 2.24) is 9.80 Å². The first-order chi connectivity index (χ1) is 18.9. The van der Waals surface area contributed by atoms with Crippen LogP contribution >= 0.6 is 0 Å². The molecule has 0 aliphatic carbocycles. The first-order valence-electron chi connectivity index (χ1n) is 13.6. The first-order valence-corrected chi connectivity index (χ1v) is 13.6. The largest absolute Gasteiger partial charge is 0.507 e. The summed E-state index contributed by atoms with van der Waals surface area (Å²) >= 11 is 0. The van der Waals surface area contributed by atoms with Gasteiger partial charge in [-0.2, -0.15) is 13.2 Å². The van der Waals surface area contributed by atoms with Crippen LogP contribution < -0.4 is 4.74 Å². The average molecular weight is 555 g/mol. The molecular weight excluding hydrogens is 517 g/mol. The summed E-state index contributed by atoms with van der Waals surface area (Å²) in [6.07, 6.45) is -4.44. The van der Waals surface area contributed by atoms with Crippen molar-refractivity contribution in [3.8, 4) is 11.5 Å². The molecule has 8 heteroatoms. The zero-order valence-electron chi connectivity index (χ0n) is 23.4. The normalized spacial score (nSPS) is 17.8. The second kappa shape index (κ2) is 12.3. The van der Waals surface area contributed by atoms with Gasteiger partial charge in [0.25, 0.3) is 5.91 Å². The Balaban J connectivity index is 1.64. The average Bonchev–Trinajstić information content (AvgIpc) is 3.31. The minimum atomic E-state index is -4.44. The first kappa shape index (κ1) is 29.5. The summed E-state index contributed by atoms with van der Waals surface area (Å²) in [7, 11) is 1.53. The van der Waals surface area contributed by atoms with Gasteiger partial charge in [-0.1, -0.05) is 55.8 Å². The minimum absolute atomic E-state index is 0.0808. The highest BCUT2D eigenvalue weighted by atomic mass is 19.4. The number of carbonyl (C=O) groups is 1. The molecule has 214 valence electrons. The van der Waals surface area contributed by atoms with E-state index in [4.69, 9.17) is 4.74 Å². The molecule has 1 amide bonds. The number of hydrogen-bond donors (Lipinski definition) is 1. The molecule has 1 aliphatic heterocycles. The lowest BCUT2D eigenvalue weighted by atomic mass is 9.87. The van der Waals surface area contributed by atoms with Crippen molar-refractivity contribution in [3.63, 3.8) is 0 Å². The van der Waals surface area contributed by atoms with Crippen LogP contribution in [0.5, 0.6) is 11.5 Å². The van der Waals surface area contributed by atoms with Crippen LogP contribution in [0.2, 0.25) is 0 Å². The van der Waals surface area contributed by atoms with E-state index in [0.717, 1.165) is 11.6 Å². The topological polar surface area (TPSA) is 53.0 Å². The van der Waals surface area contributed by atoms with E-state index in [2.05, 4.69) is 4.90 Å². The van der Waals surface area contributed by atoms with E-state index in [0.29, 0.717) is 55.2 Å². The van der Waals surface area contributed by atoms with Gasteiger partial charge in [0.2, 0.25) is 0 Å². The number of hydrogen-bond acceptors (Lipinski definition) is 4. The van der Waals surface area contributed by atoms with Gasteiger partial charge in [-0.05, 0) is 48.6 Å². The Kier molecular flexibility index (Phi) is 9.08. The lowest BCUT2D eigenvalue weighted by Gasteiger charge is -2.30. The lowest BCUT2D eigenvalue weighted by molar-refractivity contribution is -0.137. The molecule has 2 atom stereocenters. The zero-order valence-corrected chi connectivity index (χ0v) is 23.4. The second-order valence-corrected chi connectivity index (χ2v) is 11.1. The van der Waals surface area contributed by atoms with Crippen molar-refractivity contribution >= 4 is 5.91 Å². The molecule has 0 unspecified atom stereocenters. The number of rotatable bonds is 9. The highest BCUT2D eigenvalue weighted by Gasteiger charge is 2.38. The minimum Gasteiger partial charge on any atom is -0.507 e. The molecule has 1 N–H and O–H groups in total. The molecule has 1 aliphatic rings. The summed E-state index contributed by atoms with van der Waals surface area (Å²) in [4.78, 5) is 17.6. The molecule has 5 nitrogen and oxygen atoms in total. The number of benzene rings is 3. The van der Waals surface area contributed by atoms with Gasteiger partial charge in [-0.25, -0.2) is 0 Å². The Hall–Kier alpha value is -3.52. The van der Waals surface area contributed by atoms with Crippen LogP contribution in [0.1, 0.15) is 52.4 Å². The van der Waals surface area contributed by atoms with E-state index >= 15 is 0 Å². The summed E-state index contributed by atoms with van der Waals surface area (Å²) < 4.78 is 46.0. The number of halogens is 3. The zero-order chi connectivity index (χ0) is 29.0. The van der Waals surface area contributed by atoms with Crippen molar-refractivity contribution < 1.29 is 27.8 Å². The number of nitrogens with zero attached hydrogens (tertiary/aromatic N) is 2. The van der Waals surface area contributed by atoms with Crippen LogP contribution in [0.3, 0.4) is 0 Å². The molecule has 3 aromatic carbocycles. The monoisotopic (exact) mass is 554 g/mol. The molecule has 0 radical (unpaired) electrons. The van der Waals surface area contributed by atoms with Gasteiger partial charge in [-0.3, -0.25) is 9.69 Å². The third-order valence-corrected chi connectivity index (χ3v) is 7.47. The molecule has 0 saturated carbocycles. The number of aromatic hydroxyl groups is 1. The number of amides is 1. The van der Waals surface area contributed by atoms with Crippen LogP contribution in [0.25, 0.3) is 0 Å². The smallest absolute Gasteiger partial charge is 0.416 e. The predicted octanol–water partition coefficient (Wildman–Crippen LogP) is 6.74. The molecule has 0 spiro atoms. The van der Waals surface area contributed by atoms with Gasteiger partial charge in [0.1, 0.15) is 11.5 Å². The summed E-state index contributed by atoms with van der Waals surface area (Å²) in [5.41, 5.74) is 2.29. The number of aryl methyl sites for hydroxylation is 1. The molecule has 3 aromatic rings. The van der Waals surface area contributed by atoms with Gasteiger partial charge in [-0.15, -0.1) is 0 Å². The SMILES string of the molecule is COc1ccc(CN2C[C@H](CN(CC(C)C)C(=O)c3ccc(C)cc3)[C@H](c3cccc(C(F)(F)F)c3)C2)c(O)c1. The number of carbonyl (C=O) groups excluding carboxylic acids is 1. The van der Waals surface area contributed by atoms with Gasteiger partial charge >= 0.3 is 6.18 Å². The van der Waals surface area contributed by atoms with Gasteiger partial charge in [0, 0.05) is 55.8 Å². The highest BCUT2D eigenvalue weighted by Crippen LogP contribution is 2.38. The number of likely N-dealkylation sites (tertiary alicyclic amines) is 1. The number of phenols is 1. The number of ether oxygens (including phenoxy) is 1. The Morgan fingerprint density at radius 3 is 2.42 bits per heavy atom. The number of phenolic OH excluding ortho intramolecular Hbond substituents is 1. The van der Waals surface area contributed by atoms with Crippen molar-refractivity contribution in [1.29, 1.82) is 0 Å². The second-order valence-electron chi connectivity index (χ2n) is 11.1. The standard InChI is InChI=1S/C32H37F3N2O3/c1-21(2)16-37(31(39)23-10-8-22(3)9-11-23)19-26-18-36(17-25-12-13-28(40-4)15-30(25)38)20-29(26)24-6-5-7-27(14-24)32(33,34)35/h5-15,21,26,29,38H,16-20H2,1-4H3/t26-,29+/m1/s1.